The van der Waals surface area contributed by atoms with Crippen LogP contribution in [0.4, 0.5) is 4.79 Å². The largest absolute Gasteiger partial charge is 0.488 e. The summed E-state index contributed by atoms with van der Waals surface area (Å²) in [7, 11) is 0. The molecule has 0 spiro atoms. The maximum absolute atomic E-state index is 14.2. The lowest BCUT2D eigenvalue weighted by atomic mass is 9.96. The summed E-state index contributed by atoms with van der Waals surface area (Å²) in [4.78, 5) is 73.1. The third kappa shape index (κ3) is 9.62. The van der Waals surface area contributed by atoms with E-state index in [0.717, 1.165) is 52.2 Å². The van der Waals surface area contributed by atoms with Crippen molar-refractivity contribution in [1.29, 1.82) is 0 Å². The van der Waals surface area contributed by atoms with Crippen LogP contribution in [0.2, 0.25) is 0 Å². The Bertz CT molecular complexity index is 1740. The Morgan fingerprint density at radius 1 is 0.962 bits per heavy atom. The number of aromatic nitrogens is 1. The van der Waals surface area contributed by atoms with Gasteiger partial charge in [0.15, 0.2) is 10.1 Å². The maximum atomic E-state index is 14.2. The number of ketones is 1. The topological polar surface area (TPSA) is 150 Å². The molecule has 0 bridgehead atoms. The number of nitrogens with one attached hydrogen (secondary N) is 3. The zero-order valence-electron chi connectivity index (χ0n) is 30.0. The Kier molecular flexibility index (Phi) is 12.0. The molecule has 2 saturated heterocycles. The smallest absolute Gasteiger partial charge is 0.315 e. The van der Waals surface area contributed by atoms with E-state index in [4.69, 9.17) is 4.74 Å². The number of thiazole rings is 1. The fraction of sp³-hybridized carbons (Fsp3) is 0.526. The second-order valence-corrected chi connectivity index (χ2v) is 17.0. The minimum atomic E-state index is -1.02. The molecule has 2 aliphatic heterocycles. The van der Waals surface area contributed by atoms with Crippen molar-refractivity contribution in [2.45, 2.75) is 119 Å². The van der Waals surface area contributed by atoms with Gasteiger partial charge in [-0.3, -0.25) is 24.2 Å². The number of urea groups is 1. The SMILES string of the molecule is CC(C)(C)Oc1ccc(C[C@H](NC(=O)[C@@H]2CCCN3C(=O)CC[C@H](NC(=O)NC4CCCCC4)C(=O)N23)C(=O)CSc2nc3ccccc3s2)cc1. The van der Waals surface area contributed by atoms with E-state index in [9.17, 15) is 24.0 Å². The van der Waals surface area contributed by atoms with Crippen LogP contribution in [0.25, 0.3) is 10.2 Å². The lowest BCUT2D eigenvalue weighted by Gasteiger charge is -2.43. The quantitative estimate of drug-likeness (QED) is 0.221. The van der Waals surface area contributed by atoms with Gasteiger partial charge in [-0.25, -0.2) is 14.8 Å². The molecule has 14 heteroatoms. The Balaban J connectivity index is 1.18. The van der Waals surface area contributed by atoms with Crippen molar-refractivity contribution < 1.29 is 28.7 Å². The number of rotatable bonds is 11. The predicted octanol–water partition coefficient (Wildman–Crippen LogP) is 5.39. The number of thioether (sulfide) groups is 1. The maximum Gasteiger partial charge on any atom is 0.315 e. The number of Topliss-reactive ketones (excluding diaryl/α,β-unsaturated/α-hetero) is 1. The molecular weight excluding hydrogens is 701 g/mol. The zero-order chi connectivity index (χ0) is 36.8. The summed E-state index contributed by atoms with van der Waals surface area (Å²) in [5.74, 6) is -0.729. The molecule has 5 amide bonds. The molecule has 3 fully saturated rings. The van der Waals surface area contributed by atoms with Gasteiger partial charge >= 0.3 is 6.03 Å². The summed E-state index contributed by atoms with van der Waals surface area (Å²) in [5.41, 5.74) is 1.31. The number of ether oxygens (including phenoxy) is 1. The van der Waals surface area contributed by atoms with Gasteiger partial charge < -0.3 is 20.7 Å². The molecule has 1 aliphatic carbocycles. The highest BCUT2D eigenvalue weighted by atomic mass is 32.2. The first-order valence-electron chi connectivity index (χ1n) is 18.2. The van der Waals surface area contributed by atoms with Crippen LogP contribution in [0.1, 0.15) is 84.1 Å². The summed E-state index contributed by atoms with van der Waals surface area (Å²) in [6, 6.07) is 11.9. The lowest BCUT2D eigenvalue weighted by molar-refractivity contribution is -0.176. The van der Waals surface area contributed by atoms with Gasteiger partial charge in [0.2, 0.25) is 11.8 Å². The minimum Gasteiger partial charge on any atom is -0.488 e. The summed E-state index contributed by atoms with van der Waals surface area (Å²) in [6.45, 7) is 6.19. The molecule has 12 nitrogen and oxygen atoms in total. The van der Waals surface area contributed by atoms with Crippen LogP contribution in [0.3, 0.4) is 0 Å². The number of hydrogen-bond acceptors (Lipinski definition) is 9. The number of amides is 5. The van der Waals surface area contributed by atoms with Crippen LogP contribution < -0.4 is 20.7 Å². The van der Waals surface area contributed by atoms with Gasteiger partial charge in [0.05, 0.1) is 22.0 Å². The van der Waals surface area contributed by atoms with Crippen LogP contribution in [-0.2, 0) is 25.6 Å². The van der Waals surface area contributed by atoms with E-state index in [1.165, 1.54) is 33.1 Å². The van der Waals surface area contributed by atoms with Gasteiger partial charge in [0.1, 0.15) is 23.4 Å². The standard InChI is InChI=1S/C38H48N6O6S2/c1-38(2,3)50-26-17-15-24(16-18-26)22-29(31(45)23-51-37-42-27-12-7-8-14-32(27)52-37)40-34(47)30-13-9-21-43-33(46)20-19-28(35(48)44(30)43)41-36(49)39-25-10-5-4-6-11-25/h7-8,12,14-18,25,28-30H,4-6,9-11,13,19-23H2,1-3H3,(H,40,47)(H2,39,41,49)/t28-,29-,30-/m0/s1. The van der Waals surface area contributed by atoms with E-state index in [1.54, 1.807) is 0 Å². The first kappa shape index (κ1) is 37.6. The fourth-order valence-electron chi connectivity index (χ4n) is 6.98. The summed E-state index contributed by atoms with van der Waals surface area (Å²) in [5, 5.41) is 11.3. The van der Waals surface area contributed by atoms with E-state index in [0.29, 0.717) is 25.1 Å². The Hall–Kier alpha value is -4.17. The van der Waals surface area contributed by atoms with E-state index < -0.39 is 36.0 Å². The molecule has 0 unspecified atom stereocenters. The predicted molar refractivity (Wildman–Crippen MR) is 201 cm³/mol. The number of benzene rings is 2. The Morgan fingerprint density at radius 2 is 1.71 bits per heavy atom. The number of para-hydroxylation sites is 1. The van der Waals surface area contributed by atoms with Crippen molar-refractivity contribution in [3.05, 3.63) is 54.1 Å². The van der Waals surface area contributed by atoms with Crippen LogP contribution >= 0.6 is 23.1 Å². The van der Waals surface area contributed by atoms with E-state index in [1.807, 2.05) is 69.3 Å². The number of fused-ring (bicyclic) bond motifs is 2. The van der Waals surface area contributed by atoms with Crippen molar-refractivity contribution >= 4 is 62.9 Å². The monoisotopic (exact) mass is 748 g/mol. The van der Waals surface area contributed by atoms with Gasteiger partial charge in [-0.15, -0.1) is 11.3 Å². The van der Waals surface area contributed by atoms with Crippen LogP contribution in [0.15, 0.2) is 52.9 Å². The highest BCUT2D eigenvalue weighted by Gasteiger charge is 2.45. The van der Waals surface area contributed by atoms with Crippen LogP contribution in [0.5, 0.6) is 5.75 Å². The summed E-state index contributed by atoms with van der Waals surface area (Å²) >= 11 is 2.84. The molecule has 1 aromatic heterocycles. The van der Waals surface area contributed by atoms with Gasteiger partial charge in [-0.05, 0) is 89.1 Å². The molecule has 3 aliphatic rings. The van der Waals surface area contributed by atoms with E-state index >= 15 is 0 Å². The molecule has 1 saturated carbocycles. The number of carbonyl (C=O) groups excluding carboxylic acids is 5. The Morgan fingerprint density at radius 3 is 2.44 bits per heavy atom. The molecule has 278 valence electrons. The second kappa shape index (κ2) is 16.7. The molecule has 52 heavy (non-hydrogen) atoms. The van der Waals surface area contributed by atoms with Crippen molar-refractivity contribution in [3.8, 4) is 5.75 Å². The third-order valence-electron chi connectivity index (χ3n) is 9.51. The number of nitrogens with zero attached hydrogens (tertiary/aromatic N) is 3. The fourth-order valence-corrected chi connectivity index (χ4v) is 8.99. The Labute approximate surface area is 312 Å². The molecule has 6 rings (SSSR count). The van der Waals surface area contributed by atoms with Gasteiger partial charge in [0.25, 0.3) is 5.91 Å². The van der Waals surface area contributed by atoms with E-state index in [2.05, 4.69) is 20.9 Å². The number of hydrogen-bond donors (Lipinski definition) is 3. The number of hydrazine groups is 1. The van der Waals surface area contributed by atoms with Gasteiger partial charge in [-0.1, -0.05) is 55.3 Å². The lowest BCUT2D eigenvalue weighted by Crippen LogP contribution is -2.65. The average Bonchev–Trinajstić information content (AvgIpc) is 3.50. The minimum absolute atomic E-state index is 0.0470. The van der Waals surface area contributed by atoms with E-state index in [-0.39, 0.29) is 48.3 Å². The van der Waals surface area contributed by atoms with Crippen molar-refractivity contribution in [3.63, 3.8) is 0 Å². The van der Waals surface area contributed by atoms with Gasteiger partial charge in [-0.2, -0.15) is 0 Å². The molecule has 3 aromatic rings. The molecular formula is C38H48N6O6S2. The molecule has 3 atom stereocenters. The molecule has 0 radical (unpaired) electrons. The molecule has 3 N–H and O–H groups in total. The summed E-state index contributed by atoms with van der Waals surface area (Å²) in [6.07, 6.45) is 6.24. The van der Waals surface area contributed by atoms with Crippen molar-refractivity contribution in [1.82, 2.24) is 31.0 Å². The summed E-state index contributed by atoms with van der Waals surface area (Å²) < 4.78 is 7.75. The molecule has 2 aromatic carbocycles. The van der Waals surface area contributed by atoms with Crippen LogP contribution in [0, 0.1) is 0 Å². The first-order valence-corrected chi connectivity index (χ1v) is 20.0. The van der Waals surface area contributed by atoms with Crippen LogP contribution in [-0.4, -0.2) is 86.6 Å². The van der Waals surface area contributed by atoms with Gasteiger partial charge in [0, 0.05) is 19.0 Å². The normalized spacial score (nSPS) is 20.5. The highest BCUT2D eigenvalue weighted by molar-refractivity contribution is 8.01. The number of carbonyl (C=O) groups is 5. The molecule has 3 heterocycles. The van der Waals surface area contributed by atoms with Crippen molar-refractivity contribution in [2.75, 3.05) is 12.3 Å². The average molecular weight is 749 g/mol. The first-order chi connectivity index (χ1) is 24.9. The third-order valence-corrected chi connectivity index (χ3v) is 11.7. The highest BCUT2D eigenvalue weighted by Crippen LogP contribution is 2.30. The second-order valence-electron chi connectivity index (χ2n) is 14.7. The zero-order valence-corrected chi connectivity index (χ0v) is 31.7. The van der Waals surface area contributed by atoms with Crippen molar-refractivity contribution in [2.24, 2.45) is 0 Å².